The maximum Gasteiger partial charge on any atom is 0.339 e. The van der Waals surface area contributed by atoms with E-state index in [-0.39, 0.29) is 5.56 Å². The van der Waals surface area contributed by atoms with Crippen molar-refractivity contribution in [3.8, 4) is 0 Å². The van der Waals surface area contributed by atoms with E-state index < -0.39 is 11.6 Å². The van der Waals surface area contributed by atoms with Crippen molar-refractivity contribution < 1.29 is 15.0 Å². The van der Waals surface area contributed by atoms with Gasteiger partial charge in [-0.15, -0.1) is 0 Å². The molecule has 1 aliphatic rings. The molecule has 1 aromatic rings. The molecule has 0 spiro atoms. The summed E-state index contributed by atoms with van der Waals surface area (Å²) in [7, 11) is 0. The van der Waals surface area contributed by atoms with E-state index in [4.69, 9.17) is 5.11 Å². The van der Waals surface area contributed by atoms with Crippen LogP contribution in [0.5, 0.6) is 0 Å². The van der Waals surface area contributed by atoms with Crippen molar-refractivity contribution in [1.82, 2.24) is 4.98 Å². The lowest BCUT2D eigenvalue weighted by atomic mass is 9.85. The average molecular weight is 250 g/mol. The summed E-state index contributed by atoms with van der Waals surface area (Å²) >= 11 is 0. The second kappa shape index (κ2) is 5.35. The minimum Gasteiger partial charge on any atom is -0.478 e. The number of aliphatic hydroxyl groups is 1. The Morgan fingerprint density at radius 2 is 2.11 bits per heavy atom. The van der Waals surface area contributed by atoms with Gasteiger partial charge in [-0.3, -0.25) is 0 Å². The number of carboxylic acid groups (broad SMARTS) is 1. The van der Waals surface area contributed by atoms with Gasteiger partial charge in [0.1, 0.15) is 11.4 Å². The minimum absolute atomic E-state index is 0.136. The van der Waals surface area contributed by atoms with E-state index in [1.807, 2.05) is 0 Å². The predicted octanol–water partition coefficient (Wildman–Crippen LogP) is 1.89. The zero-order chi connectivity index (χ0) is 13.0. The van der Waals surface area contributed by atoms with Crippen molar-refractivity contribution in [1.29, 1.82) is 0 Å². The molecule has 5 nitrogen and oxygen atoms in total. The van der Waals surface area contributed by atoms with Crippen LogP contribution in [0.25, 0.3) is 0 Å². The highest BCUT2D eigenvalue weighted by atomic mass is 16.4. The van der Waals surface area contributed by atoms with Gasteiger partial charge in [0, 0.05) is 12.7 Å². The summed E-state index contributed by atoms with van der Waals surface area (Å²) in [5, 5.41) is 22.3. The summed E-state index contributed by atoms with van der Waals surface area (Å²) in [6.45, 7) is 0.351. The SMILES string of the molecule is O=C(O)c1cccnc1NCC1(O)CCCCC1. The molecule has 1 saturated carbocycles. The molecule has 18 heavy (non-hydrogen) atoms. The molecule has 0 amide bonds. The van der Waals surface area contributed by atoms with Crippen LogP contribution in [0.4, 0.5) is 5.82 Å². The fraction of sp³-hybridized carbons (Fsp3) is 0.538. The Bertz CT molecular complexity index is 428. The molecule has 1 heterocycles. The van der Waals surface area contributed by atoms with Gasteiger partial charge < -0.3 is 15.5 Å². The highest BCUT2D eigenvalue weighted by Crippen LogP contribution is 2.28. The lowest BCUT2D eigenvalue weighted by Crippen LogP contribution is -2.39. The van der Waals surface area contributed by atoms with Crippen LogP contribution in [0.3, 0.4) is 0 Å². The average Bonchev–Trinajstić information content (AvgIpc) is 2.38. The number of hydrogen-bond acceptors (Lipinski definition) is 4. The first-order chi connectivity index (χ1) is 8.61. The number of aromatic carboxylic acids is 1. The van der Waals surface area contributed by atoms with Crippen LogP contribution in [0.2, 0.25) is 0 Å². The van der Waals surface area contributed by atoms with Crippen molar-refractivity contribution in [2.45, 2.75) is 37.7 Å². The molecular formula is C13H18N2O3. The largest absolute Gasteiger partial charge is 0.478 e. The van der Waals surface area contributed by atoms with Crippen LogP contribution in [0, 0.1) is 0 Å². The number of carbonyl (C=O) groups is 1. The number of carboxylic acids is 1. The quantitative estimate of drug-likeness (QED) is 0.760. The molecule has 2 rings (SSSR count). The van der Waals surface area contributed by atoms with Gasteiger partial charge in [0.2, 0.25) is 0 Å². The molecule has 0 aliphatic heterocycles. The van der Waals surface area contributed by atoms with Crippen molar-refractivity contribution >= 4 is 11.8 Å². The third-order valence-corrected chi connectivity index (χ3v) is 3.41. The monoisotopic (exact) mass is 250 g/mol. The first-order valence-electron chi connectivity index (χ1n) is 6.25. The number of rotatable bonds is 4. The lowest BCUT2D eigenvalue weighted by Gasteiger charge is -2.32. The topological polar surface area (TPSA) is 82.5 Å². The van der Waals surface area contributed by atoms with Gasteiger partial charge in [-0.05, 0) is 25.0 Å². The molecule has 0 saturated heterocycles. The lowest BCUT2D eigenvalue weighted by molar-refractivity contribution is 0.0166. The van der Waals surface area contributed by atoms with Gasteiger partial charge in [-0.1, -0.05) is 19.3 Å². The van der Waals surface area contributed by atoms with E-state index in [1.54, 1.807) is 12.3 Å². The van der Waals surface area contributed by atoms with Crippen molar-refractivity contribution in [3.05, 3.63) is 23.9 Å². The van der Waals surface area contributed by atoms with Gasteiger partial charge in [-0.25, -0.2) is 9.78 Å². The Hall–Kier alpha value is -1.62. The molecule has 0 radical (unpaired) electrons. The number of nitrogens with zero attached hydrogens (tertiary/aromatic N) is 1. The summed E-state index contributed by atoms with van der Waals surface area (Å²) in [5.74, 6) is -0.690. The third kappa shape index (κ3) is 2.98. The summed E-state index contributed by atoms with van der Waals surface area (Å²) in [5.41, 5.74) is -0.595. The summed E-state index contributed by atoms with van der Waals surface area (Å²) in [4.78, 5) is 15.0. The van der Waals surface area contributed by atoms with Gasteiger partial charge in [-0.2, -0.15) is 0 Å². The van der Waals surface area contributed by atoms with E-state index in [9.17, 15) is 9.90 Å². The zero-order valence-corrected chi connectivity index (χ0v) is 10.2. The van der Waals surface area contributed by atoms with E-state index >= 15 is 0 Å². The summed E-state index contributed by atoms with van der Waals surface area (Å²) in [6.07, 6.45) is 6.26. The second-order valence-corrected chi connectivity index (χ2v) is 4.84. The Labute approximate surface area is 106 Å². The number of anilines is 1. The van der Waals surface area contributed by atoms with Crippen LogP contribution in [-0.4, -0.2) is 33.3 Å². The highest BCUT2D eigenvalue weighted by Gasteiger charge is 2.29. The fourth-order valence-electron chi connectivity index (χ4n) is 2.35. The normalized spacial score (nSPS) is 18.3. The molecular weight excluding hydrogens is 232 g/mol. The predicted molar refractivity (Wildman–Crippen MR) is 67.7 cm³/mol. The molecule has 0 unspecified atom stereocenters. The zero-order valence-electron chi connectivity index (χ0n) is 10.2. The van der Waals surface area contributed by atoms with Gasteiger partial charge in [0.05, 0.1) is 5.60 Å². The van der Waals surface area contributed by atoms with Crippen LogP contribution < -0.4 is 5.32 Å². The molecule has 3 N–H and O–H groups in total. The van der Waals surface area contributed by atoms with Crippen LogP contribution in [-0.2, 0) is 0 Å². The van der Waals surface area contributed by atoms with Gasteiger partial charge >= 0.3 is 5.97 Å². The standard InChI is InChI=1S/C13H18N2O3/c16-12(17)10-5-4-8-14-11(10)15-9-13(18)6-2-1-3-7-13/h4-5,8,18H,1-3,6-7,9H2,(H,14,15)(H,16,17). The first-order valence-corrected chi connectivity index (χ1v) is 6.25. The Morgan fingerprint density at radius 1 is 1.39 bits per heavy atom. The number of pyridine rings is 1. The molecule has 5 heteroatoms. The molecule has 1 aliphatic carbocycles. The summed E-state index contributed by atoms with van der Waals surface area (Å²) < 4.78 is 0. The molecule has 0 bridgehead atoms. The number of nitrogens with one attached hydrogen (secondary N) is 1. The van der Waals surface area contributed by atoms with Crippen LogP contribution in [0.1, 0.15) is 42.5 Å². The van der Waals surface area contributed by atoms with E-state index in [2.05, 4.69) is 10.3 Å². The molecule has 98 valence electrons. The fourth-order valence-corrected chi connectivity index (χ4v) is 2.35. The molecule has 1 fully saturated rings. The van der Waals surface area contributed by atoms with Gasteiger partial charge in [0.25, 0.3) is 0 Å². The van der Waals surface area contributed by atoms with Crippen LogP contribution >= 0.6 is 0 Å². The molecule has 0 aromatic carbocycles. The van der Waals surface area contributed by atoms with E-state index in [0.717, 1.165) is 32.1 Å². The number of aromatic nitrogens is 1. The molecule has 0 atom stereocenters. The van der Waals surface area contributed by atoms with E-state index in [1.165, 1.54) is 6.07 Å². The maximum atomic E-state index is 11.0. The smallest absolute Gasteiger partial charge is 0.339 e. The first kappa shape index (κ1) is 12.8. The van der Waals surface area contributed by atoms with Crippen molar-refractivity contribution in [2.24, 2.45) is 0 Å². The summed E-state index contributed by atoms with van der Waals surface area (Å²) in [6, 6.07) is 3.09. The minimum atomic E-state index is -1.01. The van der Waals surface area contributed by atoms with E-state index in [0.29, 0.717) is 12.4 Å². The Balaban J connectivity index is 2.03. The second-order valence-electron chi connectivity index (χ2n) is 4.84. The van der Waals surface area contributed by atoms with Crippen molar-refractivity contribution in [3.63, 3.8) is 0 Å². The van der Waals surface area contributed by atoms with Crippen LogP contribution in [0.15, 0.2) is 18.3 Å². The number of hydrogen-bond donors (Lipinski definition) is 3. The van der Waals surface area contributed by atoms with Gasteiger partial charge in [0.15, 0.2) is 0 Å². The van der Waals surface area contributed by atoms with Crippen molar-refractivity contribution in [2.75, 3.05) is 11.9 Å². The maximum absolute atomic E-state index is 11.0. The highest BCUT2D eigenvalue weighted by molar-refractivity contribution is 5.92. The third-order valence-electron chi connectivity index (χ3n) is 3.41. The molecule has 1 aromatic heterocycles. The Kier molecular flexibility index (Phi) is 3.81. The Morgan fingerprint density at radius 3 is 2.78 bits per heavy atom.